The molecule has 0 aromatic carbocycles. The second-order valence-electron chi connectivity index (χ2n) is 5.83. The van der Waals surface area contributed by atoms with Crippen molar-refractivity contribution in [2.75, 3.05) is 13.2 Å². The van der Waals surface area contributed by atoms with Crippen LogP contribution < -0.4 is 0 Å². The summed E-state index contributed by atoms with van der Waals surface area (Å²) in [6, 6.07) is 0. The Kier molecular flexibility index (Phi) is 4.98. The Balaban J connectivity index is 1.31. The van der Waals surface area contributed by atoms with E-state index in [9.17, 15) is 0 Å². The van der Waals surface area contributed by atoms with Gasteiger partial charge in [0.05, 0.1) is 0 Å². The molecule has 0 saturated carbocycles. The molecule has 2 aliphatic carbocycles. The number of unbranched alkanes of at least 4 members (excludes halogenated alkanes) is 1. The van der Waals surface area contributed by atoms with Crippen molar-refractivity contribution in [1.29, 1.82) is 0 Å². The Morgan fingerprint density at radius 2 is 2.11 bits per heavy atom. The Labute approximate surface area is 129 Å². The van der Waals surface area contributed by atoms with Crippen LogP contribution in [0.25, 0.3) is 0 Å². The average Bonchev–Trinajstić information content (AvgIpc) is 3.02. The summed E-state index contributed by atoms with van der Waals surface area (Å²) in [5, 5.41) is 0. The van der Waals surface area contributed by atoms with Crippen molar-refractivity contribution >= 4 is 22.6 Å². The van der Waals surface area contributed by atoms with E-state index in [0.29, 0.717) is 0 Å². The van der Waals surface area contributed by atoms with Gasteiger partial charge in [0.1, 0.15) is 0 Å². The lowest BCUT2D eigenvalue weighted by Gasteiger charge is -2.22. The lowest BCUT2D eigenvalue weighted by molar-refractivity contribution is -0.162. The molecule has 3 rings (SSSR count). The van der Waals surface area contributed by atoms with Gasteiger partial charge >= 0.3 is 0 Å². The Bertz CT molecular complexity index is 369. The SMILES string of the molecule is IC1=C(CCCCOC2CCCCO2)[C@@H]2C=C[C@H]1C2. The molecular weight excluding hydrogens is 351 g/mol. The van der Waals surface area contributed by atoms with Crippen molar-refractivity contribution < 1.29 is 9.47 Å². The lowest BCUT2D eigenvalue weighted by Crippen LogP contribution is -2.22. The quantitative estimate of drug-likeness (QED) is 0.385. The molecule has 1 heterocycles. The van der Waals surface area contributed by atoms with Gasteiger partial charge in [0, 0.05) is 19.1 Å². The maximum absolute atomic E-state index is 5.78. The van der Waals surface area contributed by atoms with E-state index in [1.807, 2.05) is 0 Å². The first kappa shape index (κ1) is 14.1. The lowest BCUT2D eigenvalue weighted by atomic mass is 9.98. The molecule has 0 spiro atoms. The zero-order valence-electron chi connectivity index (χ0n) is 11.4. The number of ether oxygens (including phenoxy) is 2. The summed E-state index contributed by atoms with van der Waals surface area (Å²) < 4.78 is 13.0. The molecule has 0 N–H and O–H groups in total. The maximum atomic E-state index is 5.78. The molecule has 1 unspecified atom stereocenters. The molecule has 1 saturated heterocycles. The van der Waals surface area contributed by atoms with Gasteiger partial charge in [0.15, 0.2) is 6.29 Å². The second-order valence-corrected chi connectivity index (χ2v) is 6.99. The number of halogens is 1. The first-order valence-corrected chi connectivity index (χ1v) is 8.72. The highest BCUT2D eigenvalue weighted by Crippen LogP contribution is 2.48. The van der Waals surface area contributed by atoms with Crippen LogP contribution in [-0.2, 0) is 9.47 Å². The van der Waals surface area contributed by atoms with Crippen molar-refractivity contribution in [3.05, 3.63) is 21.3 Å². The molecule has 19 heavy (non-hydrogen) atoms. The molecule has 2 nitrogen and oxygen atoms in total. The maximum Gasteiger partial charge on any atom is 0.157 e. The fourth-order valence-corrected chi connectivity index (χ4v) is 4.47. The van der Waals surface area contributed by atoms with Gasteiger partial charge in [0.25, 0.3) is 0 Å². The van der Waals surface area contributed by atoms with E-state index in [0.717, 1.165) is 37.9 Å². The summed E-state index contributed by atoms with van der Waals surface area (Å²) in [5.41, 5.74) is 1.71. The molecule has 3 aliphatic rings. The number of allylic oxidation sites excluding steroid dienone is 4. The monoisotopic (exact) mass is 374 g/mol. The van der Waals surface area contributed by atoms with Crippen LogP contribution in [0.1, 0.15) is 44.9 Å². The minimum absolute atomic E-state index is 0.0820. The highest BCUT2D eigenvalue weighted by Gasteiger charge is 2.32. The predicted octanol–water partition coefficient (Wildman–Crippen LogP) is 4.59. The first-order valence-electron chi connectivity index (χ1n) is 7.64. The molecule has 0 radical (unpaired) electrons. The third kappa shape index (κ3) is 3.42. The van der Waals surface area contributed by atoms with E-state index in [-0.39, 0.29) is 6.29 Å². The molecule has 106 valence electrons. The zero-order valence-corrected chi connectivity index (χ0v) is 13.6. The highest BCUT2D eigenvalue weighted by atomic mass is 127. The molecule has 1 aliphatic heterocycles. The van der Waals surface area contributed by atoms with Gasteiger partial charge in [-0.25, -0.2) is 0 Å². The third-order valence-electron chi connectivity index (χ3n) is 4.45. The summed E-state index contributed by atoms with van der Waals surface area (Å²) in [7, 11) is 0. The minimum atomic E-state index is 0.0820. The van der Waals surface area contributed by atoms with E-state index >= 15 is 0 Å². The highest BCUT2D eigenvalue weighted by molar-refractivity contribution is 14.1. The minimum Gasteiger partial charge on any atom is -0.353 e. The smallest absolute Gasteiger partial charge is 0.157 e. The van der Waals surface area contributed by atoms with E-state index < -0.39 is 0 Å². The normalized spacial score (nSPS) is 33.4. The molecular formula is C16H23IO2. The Morgan fingerprint density at radius 1 is 1.21 bits per heavy atom. The van der Waals surface area contributed by atoms with Crippen LogP contribution >= 0.6 is 22.6 Å². The summed E-state index contributed by atoms with van der Waals surface area (Å²) in [6.07, 6.45) is 13.4. The third-order valence-corrected chi connectivity index (χ3v) is 5.94. The van der Waals surface area contributed by atoms with Crippen LogP contribution in [0.5, 0.6) is 0 Å². The molecule has 0 amide bonds. The van der Waals surface area contributed by atoms with Gasteiger partial charge in [-0.15, -0.1) is 0 Å². The molecule has 2 bridgehead atoms. The summed E-state index contributed by atoms with van der Waals surface area (Å²) in [6.45, 7) is 1.74. The fourth-order valence-electron chi connectivity index (χ4n) is 3.34. The average molecular weight is 374 g/mol. The van der Waals surface area contributed by atoms with E-state index in [2.05, 4.69) is 34.7 Å². The van der Waals surface area contributed by atoms with E-state index in [1.54, 1.807) is 9.15 Å². The van der Waals surface area contributed by atoms with Gasteiger partial charge in [-0.3, -0.25) is 0 Å². The molecule has 1 fully saturated rings. The summed E-state index contributed by atoms with van der Waals surface area (Å²) in [4.78, 5) is 0. The first-order chi connectivity index (χ1) is 9.34. The van der Waals surface area contributed by atoms with Crippen LogP contribution in [0.3, 0.4) is 0 Å². The van der Waals surface area contributed by atoms with Crippen LogP contribution in [0.2, 0.25) is 0 Å². The molecule has 3 heteroatoms. The van der Waals surface area contributed by atoms with Gasteiger partial charge in [-0.05, 0) is 77.0 Å². The summed E-state index contributed by atoms with van der Waals surface area (Å²) in [5.74, 6) is 1.52. The van der Waals surface area contributed by atoms with Crippen molar-refractivity contribution in [1.82, 2.24) is 0 Å². The van der Waals surface area contributed by atoms with Crippen LogP contribution in [0.15, 0.2) is 21.3 Å². The van der Waals surface area contributed by atoms with Crippen LogP contribution in [-0.4, -0.2) is 19.5 Å². The van der Waals surface area contributed by atoms with Gasteiger partial charge < -0.3 is 9.47 Å². The molecule has 3 atom stereocenters. The number of fused-ring (bicyclic) bond motifs is 2. The van der Waals surface area contributed by atoms with Crippen molar-refractivity contribution in [2.24, 2.45) is 11.8 Å². The second kappa shape index (κ2) is 6.72. The number of rotatable bonds is 6. The van der Waals surface area contributed by atoms with Crippen LogP contribution in [0, 0.1) is 11.8 Å². The number of hydrogen-bond acceptors (Lipinski definition) is 2. The Hall–Kier alpha value is 0.130. The fraction of sp³-hybridized carbons (Fsp3) is 0.750. The molecule has 0 aromatic rings. The van der Waals surface area contributed by atoms with E-state index in [1.165, 1.54) is 32.1 Å². The van der Waals surface area contributed by atoms with Crippen LogP contribution in [0.4, 0.5) is 0 Å². The van der Waals surface area contributed by atoms with Gasteiger partial charge in [0.2, 0.25) is 0 Å². The molecule has 0 aromatic heterocycles. The topological polar surface area (TPSA) is 18.5 Å². The van der Waals surface area contributed by atoms with Gasteiger partial charge in [-0.1, -0.05) is 17.7 Å². The van der Waals surface area contributed by atoms with Crippen molar-refractivity contribution in [2.45, 2.75) is 51.2 Å². The van der Waals surface area contributed by atoms with Crippen molar-refractivity contribution in [3.8, 4) is 0 Å². The Morgan fingerprint density at radius 3 is 2.84 bits per heavy atom. The van der Waals surface area contributed by atoms with Gasteiger partial charge in [-0.2, -0.15) is 0 Å². The largest absolute Gasteiger partial charge is 0.353 e. The van der Waals surface area contributed by atoms with E-state index in [4.69, 9.17) is 9.47 Å². The van der Waals surface area contributed by atoms with Crippen molar-refractivity contribution in [3.63, 3.8) is 0 Å². The standard InChI is InChI=1S/C16H23IO2/c17-16-13-8-7-12(11-13)14(16)5-1-3-9-18-15-6-2-4-10-19-15/h7-8,12-13,15H,1-6,9-11H2/t12-,13+,15?/m1/s1. The number of hydrogen-bond donors (Lipinski definition) is 0. The predicted molar refractivity (Wildman–Crippen MR) is 85.2 cm³/mol. The summed E-state index contributed by atoms with van der Waals surface area (Å²) >= 11 is 2.56. The zero-order chi connectivity index (χ0) is 13.1.